The Hall–Kier alpha value is -0.650. The van der Waals surface area contributed by atoms with Crippen molar-refractivity contribution in [3.63, 3.8) is 0 Å². The van der Waals surface area contributed by atoms with Crippen molar-refractivity contribution in [3.8, 4) is 0 Å². The molecule has 0 bridgehead atoms. The highest BCUT2D eigenvalue weighted by Gasteiger charge is 2.81. The van der Waals surface area contributed by atoms with Crippen LogP contribution in [0, 0.1) is 0 Å². The minimum atomic E-state index is -6.79. The van der Waals surface area contributed by atoms with Crippen molar-refractivity contribution in [1.82, 2.24) is 0 Å². The molecule has 1 atom stereocenters. The molecular weight excluding hydrogens is 292 g/mol. The lowest BCUT2D eigenvalue weighted by molar-refractivity contribution is -0.346. The molecule has 0 amide bonds. The lowest BCUT2D eigenvalue weighted by atomic mass is 10.00. The quantitative estimate of drug-likeness (QED) is 0.642. The van der Waals surface area contributed by atoms with Crippen LogP contribution in [0.4, 0.5) is 35.1 Å². The molecular formula is C5H4F8O3S. The second-order valence-corrected chi connectivity index (χ2v) is 4.53. The zero-order chi connectivity index (χ0) is 14.5. The third-order valence-electron chi connectivity index (χ3n) is 1.82. The van der Waals surface area contributed by atoms with Crippen LogP contribution in [0.3, 0.4) is 0 Å². The predicted octanol–water partition coefficient (Wildman–Crippen LogP) is 2.39. The molecule has 0 rings (SSSR count). The van der Waals surface area contributed by atoms with Crippen LogP contribution in [0.1, 0.15) is 6.92 Å². The molecule has 1 unspecified atom stereocenters. The van der Waals surface area contributed by atoms with Gasteiger partial charge < -0.3 is 0 Å². The second-order valence-electron chi connectivity index (χ2n) is 3.07. The summed E-state index contributed by atoms with van der Waals surface area (Å²) in [7, 11) is -6.79. The van der Waals surface area contributed by atoms with E-state index in [1.807, 2.05) is 0 Å². The van der Waals surface area contributed by atoms with E-state index in [2.05, 4.69) is 0 Å². The van der Waals surface area contributed by atoms with E-state index in [0.717, 1.165) is 0 Å². The molecule has 0 fully saturated rings. The van der Waals surface area contributed by atoms with Crippen molar-refractivity contribution in [2.45, 2.75) is 29.9 Å². The molecule has 0 saturated carbocycles. The Balaban J connectivity index is 5.91. The van der Waals surface area contributed by atoms with Crippen molar-refractivity contribution in [2.75, 3.05) is 0 Å². The highest BCUT2D eigenvalue weighted by atomic mass is 32.2. The maximum Gasteiger partial charge on any atom is 0.457 e. The summed E-state index contributed by atoms with van der Waals surface area (Å²) < 4.78 is 125. The summed E-state index contributed by atoms with van der Waals surface area (Å²) >= 11 is 0. The molecule has 0 aromatic rings. The molecule has 0 aliphatic heterocycles. The Labute approximate surface area is 89.2 Å². The van der Waals surface area contributed by atoms with Gasteiger partial charge in [-0.05, 0) is 6.92 Å². The third kappa shape index (κ3) is 2.19. The van der Waals surface area contributed by atoms with Gasteiger partial charge in [-0.3, -0.25) is 4.55 Å². The zero-order valence-electron chi connectivity index (χ0n) is 7.70. The highest BCUT2D eigenvalue weighted by Crippen LogP contribution is 2.53. The molecule has 0 heterocycles. The van der Waals surface area contributed by atoms with Gasteiger partial charge in [0.25, 0.3) is 5.67 Å². The van der Waals surface area contributed by atoms with Crippen molar-refractivity contribution in [3.05, 3.63) is 0 Å². The van der Waals surface area contributed by atoms with Gasteiger partial charge in [0, 0.05) is 0 Å². The molecule has 17 heavy (non-hydrogen) atoms. The summed E-state index contributed by atoms with van der Waals surface area (Å²) in [6.07, 6.45) is -6.76. The minimum Gasteiger partial charge on any atom is -0.281 e. The van der Waals surface area contributed by atoms with Crippen LogP contribution in [0.5, 0.6) is 0 Å². The van der Waals surface area contributed by atoms with Gasteiger partial charge in [0.15, 0.2) is 0 Å². The Morgan fingerprint density at radius 2 is 1.18 bits per heavy atom. The van der Waals surface area contributed by atoms with Gasteiger partial charge in [-0.25, -0.2) is 4.39 Å². The Morgan fingerprint density at radius 3 is 1.35 bits per heavy atom. The highest BCUT2D eigenvalue weighted by molar-refractivity contribution is 7.87. The van der Waals surface area contributed by atoms with Crippen LogP contribution in [0.15, 0.2) is 0 Å². The number of alkyl halides is 8. The van der Waals surface area contributed by atoms with Gasteiger partial charge >= 0.3 is 27.5 Å². The first-order valence-electron chi connectivity index (χ1n) is 3.48. The first-order chi connectivity index (χ1) is 7.00. The SMILES string of the molecule is CC(F)(C(F)(F)C(F)(F)F)C(F)(F)S(=O)(=O)O. The van der Waals surface area contributed by atoms with Gasteiger partial charge in [0.05, 0.1) is 0 Å². The van der Waals surface area contributed by atoms with Crippen LogP contribution < -0.4 is 0 Å². The van der Waals surface area contributed by atoms with Crippen LogP contribution in [0.25, 0.3) is 0 Å². The van der Waals surface area contributed by atoms with Crippen LogP contribution in [-0.2, 0) is 10.1 Å². The fourth-order valence-electron chi connectivity index (χ4n) is 0.691. The molecule has 0 aliphatic rings. The van der Waals surface area contributed by atoms with E-state index in [9.17, 15) is 43.5 Å². The number of rotatable bonds is 3. The molecule has 0 aliphatic carbocycles. The summed E-state index contributed by atoms with van der Waals surface area (Å²) in [4.78, 5) is 0. The van der Waals surface area contributed by atoms with Crippen LogP contribution in [-0.4, -0.2) is 36.0 Å². The van der Waals surface area contributed by atoms with Gasteiger partial charge in [-0.2, -0.15) is 39.2 Å². The normalized spacial score (nSPS) is 18.9. The Bertz CT molecular complexity index is 394. The summed E-state index contributed by atoms with van der Waals surface area (Å²) in [6.45, 7) is -0.978. The molecule has 0 spiro atoms. The molecule has 104 valence electrons. The summed E-state index contributed by atoms with van der Waals surface area (Å²) in [5.41, 5.74) is -5.87. The topological polar surface area (TPSA) is 54.4 Å². The maximum absolute atomic E-state index is 12.9. The van der Waals surface area contributed by atoms with Crippen molar-refractivity contribution in [1.29, 1.82) is 0 Å². The van der Waals surface area contributed by atoms with Crippen molar-refractivity contribution >= 4 is 10.1 Å². The largest absolute Gasteiger partial charge is 0.457 e. The van der Waals surface area contributed by atoms with Gasteiger partial charge in [-0.1, -0.05) is 0 Å². The minimum absolute atomic E-state index is 0.978. The van der Waals surface area contributed by atoms with E-state index in [0.29, 0.717) is 0 Å². The monoisotopic (exact) mass is 296 g/mol. The Kier molecular flexibility index (Phi) is 3.53. The molecule has 0 saturated heterocycles. The Morgan fingerprint density at radius 1 is 0.882 bits per heavy atom. The smallest absolute Gasteiger partial charge is 0.281 e. The second kappa shape index (κ2) is 3.67. The van der Waals surface area contributed by atoms with Crippen LogP contribution >= 0.6 is 0 Å². The number of hydrogen-bond acceptors (Lipinski definition) is 2. The van der Waals surface area contributed by atoms with E-state index in [4.69, 9.17) is 4.55 Å². The van der Waals surface area contributed by atoms with Gasteiger partial charge in [0.2, 0.25) is 0 Å². The molecule has 0 aromatic carbocycles. The fraction of sp³-hybridized carbons (Fsp3) is 1.00. The third-order valence-corrected chi connectivity index (χ3v) is 2.85. The molecule has 12 heteroatoms. The summed E-state index contributed by atoms with van der Waals surface area (Å²) in [6, 6.07) is 0. The number of hydrogen-bond donors (Lipinski definition) is 1. The number of halogens is 8. The fourth-order valence-corrected chi connectivity index (χ4v) is 1.30. The zero-order valence-corrected chi connectivity index (χ0v) is 8.51. The van der Waals surface area contributed by atoms with Crippen LogP contribution in [0.2, 0.25) is 0 Å². The lowest BCUT2D eigenvalue weighted by Gasteiger charge is -2.35. The van der Waals surface area contributed by atoms with Gasteiger partial charge in [0.1, 0.15) is 0 Å². The van der Waals surface area contributed by atoms with E-state index in [1.54, 1.807) is 0 Å². The summed E-state index contributed by atoms with van der Waals surface area (Å²) in [5.74, 6) is -6.68. The first kappa shape index (κ1) is 16.4. The maximum atomic E-state index is 12.9. The van der Waals surface area contributed by atoms with E-state index in [1.165, 1.54) is 0 Å². The van der Waals surface area contributed by atoms with E-state index in [-0.39, 0.29) is 0 Å². The molecule has 1 N–H and O–H groups in total. The molecule has 0 aromatic heterocycles. The average molecular weight is 296 g/mol. The molecule has 3 nitrogen and oxygen atoms in total. The summed E-state index contributed by atoms with van der Waals surface area (Å²) in [5, 5.41) is -6.33. The predicted molar refractivity (Wildman–Crippen MR) is 37.0 cm³/mol. The van der Waals surface area contributed by atoms with Crippen molar-refractivity contribution < 1.29 is 48.1 Å². The van der Waals surface area contributed by atoms with Crippen molar-refractivity contribution in [2.24, 2.45) is 0 Å². The van der Waals surface area contributed by atoms with Gasteiger partial charge in [-0.15, -0.1) is 0 Å². The van der Waals surface area contributed by atoms with E-state index >= 15 is 0 Å². The lowest BCUT2D eigenvalue weighted by Crippen LogP contribution is -2.63. The molecule has 0 radical (unpaired) electrons. The average Bonchev–Trinajstić information content (AvgIpc) is 1.98. The first-order valence-corrected chi connectivity index (χ1v) is 4.92. The van der Waals surface area contributed by atoms with E-state index < -0.39 is 40.1 Å². The standard InChI is InChI=1S/C5H4F8O3S/c1-2(6,3(7,8)4(9,10)11)5(12,13)17(14,15)16/h1H3,(H,14,15,16).